The van der Waals surface area contributed by atoms with Crippen LogP contribution in [-0.4, -0.2) is 20.9 Å². The molecule has 0 amide bonds. The molecule has 92 valence electrons. The van der Waals surface area contributed by atoms with Crippen LogP contribution in [0.1, 0.15) is 17.3 Å². The summed E-state index contributed by atoms with van der Waals surface area (Å²) < 4.78 is 0.721. The van der Waals surface area contributed by atoms with Gasteiger partial charge in [-0.3, -0.25) is 14.9 Å². The number of benzene rings is 1. The van der Waals surface area contributed by atoms with Gasteiger partial charge in [-0.25, -0.2) is 0 Å². The Hall–Kier alpha value is -1.80. The smallest absolute Gasteiger partial charge is 0.280 e. The molecule has 0 aliphatic carbocycles. The summed E-state index contributed by atoms with van der Waals surface area (Å²) in [7, 11) is 0. The van der Waals surface area contributed by atoms with Crippen LogP contribution in [0.2, 0.25) is 0 Å². The van der Waals surface area contributed by atoms with Crippen LogP contribution in [0.4, 0.5) is 5.69 Å². The first-order valence-electron chi connectivity index (χ1n) is 4.81. The van der Waals surface area contributed by atoms with Crippen LogP contribution in [0.3, 0.4) is 0 Å². The van der Waals surface area contributed by atoms with E-state index in [2.05, 4.69) is 10.2 Å². The number of carbonyl (C=O) groups is 1. The van der Waals surface area contributed by atoms with Gasteiger partial charge < -0.3 is 0 Å². The predicted octanol–water partition coefficient (Wildman–Crippen LogP) is 2.80. The highest BCUT2D eigenvalue weighted by atomic mass is 32.2. The van der Waals surface area contributed by atoms with E-state index in [1.807, 2.05) is 0 Å². The second kappa shape index (κ2) is 5.23. The Kier molecular flexibility index (Phi) is 3.68. The summed E-state index contributed by atoms with van der Waals surface area (Å²) in [4.78, 5) is 22.3. The first-order valence-corrected chi connectivity index (χ1v) is 6.51. The van der Waals surface area contributed by atoms with E-state index >= 15 is 0 Å². The molecule has 1 heterocycles. The minimum Gasteiger partial charge on any atom is -0.294 e. The van der Waals surface area contributed by atoms with Gasteiger partial charge in [-0.1, -0.05) is 23.1 Å². The van der Waals surface area contributed by atoms with Crippen molar-refractivity contribution < 1.29 is 9.72 Å². The van der Waals surface area contributed by atoms with Crippen molar-refractivity contribution in [1.82, 2.24) is 10.2 Å². The van der Waals surface area contributed by atoms with Gasteiger partial charge in [0.1, 0.15) is 5.51 Å². The van der Waals surface area contributed by atoms with E-state index in [9.17, 15) is 14.9 Å². The average molecular weight is 281 g/mol. The molecule has 0 saturated heterocycles. The summed E-state index contributed by atoms with van der Waals surface area (Å²) in [5, 5.41) is 18.3. The molecule has 0 N–H and O–H groups in total. The fraction of sp³-hybridized carbons (Fsp3) is 0.100. The van der Waals surface area contributed by atoms with Crippen LogP contribution in [0.15, 0.2) is 32.9 Å². The minimum absolute atomic E-state index is 0.106. The molecule has 1 aromatic carbocycles. The number of nitro groups is 1. The third kappa shape index (κ3) is 2.71. The Balaban J connectivity index is 2.37. The molecule has 2 rings (SSSR count). The Morgan fingerprint density at radius 1 is 1.50 bits per heavy atom. The summed E-state index contributed by atoms with van der Waals surface area (Å²) in [6.07, 6.45) is 0. The van der Waals surface area contributed by atoms with E-state index in [1.165, 1.54) is 42.2 Å². The quantitative estimate of drug-likeness (QED) is 0.486. The number of rotatable bonds is 4. The second-order valence-corrected chi connectivity index (χ2v) is 5.45. The van der Waals surface area contributed by atoms with Gasteiger partial charge in [-0.2, -0.15) is 0 Å². The maximum atomic E-state index is 11.4. The zero-order chi connectivity index (χ0) is 13.1. The van der Waals surface area contributed by atoms with Crippen LogP contribution < -0.4 is 0 Å². The number of ketones is 1. The summed E-state index contributed by atoms with van der Waals surface area (Å²) in [5.74, 6) is -0.332. The molecule has 0 saturated carbocycles. The van der Waals surface area contributed by atoms with E-state index in [-0.39, 0.29) is 17.0 Å². The van der Waals surface area contributed by atoms with Gasteiger partial charge in [0, 0.05) is 11.0 Å². The Labute approximate surface area is 110 Å². The molecule has 1 aromatic heterocycles. The number of hydrogen-bond donors (Lipinski definition) is 0. The van der Waals surface area contributed by atoms with E-state index in [4.69, 9.17) is 0 Å². The summed E-state index contributed by atoms with van der Waals surface area (Å²) in [5.41, 5.74) is 1.53. The molecule has 0 unspecified atom stereocenters. The van der Waals surface area contributed by atoms with Gasteiger partial charge in [-0.05, 0) is 19.1 Å². The van der Waals surface area contributed by atoms with Crippen molar-refractivity contribution in [1.29, 1.82) is 0 Å². The molecule has 2 aromatic rings. The second-order valence-electron chi connectivity index (χ2n) is 3.30. The van der Waals surface area contributed by atoms with Crippen molar-refractivity contribution in [2.45, 2.75) is 16.2 Å². The van der Waals surface area contributed by atoms with Gasteiger partial charge in [-0.15, -0.1) is 10.2 Å². The molecule has 0 spiro atoms. The van der Waals surface area contributed by atoms with Crippen molar-refractivity contribution in [3.05, 3.63) is 39.4 Å². The Morgan fingerprint density at radius 2 is 2.28 bits per heavy atom. The van der Waals surface area contributed by atoms with Crippen LogP contribution in [0.5, 0.6) is 0 Å². The molecule has 6 nitrogen and oxygen atoms in total. The molecule has 0 bridgehead atoms. The molecule has 18 heavy (non-hydrogen) atoms. The standard InChI is InChI=1S/C10H7N3O3S2/c1-6(14)8-4-7(2-3-9(8)13(15)16)18-10-12-11-5-17-10/h2-5H,1H3. The molecule has 0 fully saturated rings. The zero-order valence-electron chi connectivity index (χ0n) is 9.19. The molecule has 8 heteroatoms. The number of nitro benzene ring substituents is 1. The first kappa shape index (κ1) is 12.7. The van der Waals surface area contributed by atoms with Crippen LogP contribution in [0, 0.1) is 10.1 Å². The molecule has 0 atom stereocenters. The van der Waals surface area contributed by atoms with Crippen molar-refractivity contribution in [2.24, 2.45) is 0 Å². The minimum atomic E-state index is -0.559. The Bertz CT molecular complexity index is 598. The lowest BCUT2D eigenvalue weighted by molar-refractivity contribution is -0.385. The topological polar surface area (TPSA) is 86.0 Å². The average Bonchev–Trinajstić information content (AvgIpc) is 2.81. The predicted molar refractivity (Wildman–Crippen MR) is 67.1 cm³/mol. The van der Waals surface area contributed by atoms with E-state index in [1.54, 1.807) is 11.6 Å². The largest absolute Gasteiger partial charge is 0.294 e. The fourth-order valence-corrected chi connectivity index (χ4v) is 2.82. The van der Waals surface area contributed by atoms with Crippen LogP contribution in [0.25, 0.3) is 0 Å². The zero-order valence-corrected chi connectivity index (χ0v) is 10.8. The van der Waals surface area contributed by atoms with E-state index < -0.39 is 4.92 Å². The van der Waals surface area contributed by atoms with Gasteiger partial charge in [0.2, 0.25) is 0 Å². The third-order valence-electron chi connectivity index (χ3n) is 2.09. The normalized spacial score (nSPS) is 10.3. The Morgan fingerprint density at radius 3 is 2.83 bits per heavy atom. The SMILES string of the molecule is CC(=O)c1cc(Sc2nncs2)ccc1[N+](=O)[O-]. The first-order chi connectivity index (χ1) is 8.58. The summed E-state index contributed by atoms with van der Waals surface area (Å²) >= 11 is 2.68. The van der Waals surface area contributed by atoms with Crippen molar-refractivity contribution >= 4 is 34.6 Å². The molecular formula is C10H7N3O3S2. The van der Waals surface area contributed by atoms with Gasteiger partial charge in [0.25, 0.3) is 5.69 Å². The van der Waals surface area contributed by atoms with Gasteiger partial charge >= 0.3 is 0 Å². The van der Waals surface area contributed by atoms with Crippen molar-refractivity contribution in [2.75, 3.05) is 0 Å². The maximum Gasteiger partial charge on any atom is 0.280 e. The van der Waals surface area contributed by atoms with Crippen molar-refractivity contribution in [3.8, 4) is 0 Å². The molecule has 0 aliphatic heterocycles. The van der Waals surface area contributed by atoms with E-state index in [0.717, 1.165) is 9.24 Å². The monoisotopic (exact) mass is 281 g/mol. The van der Waals surface area contributed by atoms with Gasteiger partial charge in [0.15, 0.2) is 10.1 Å². The summed E-state index contributed by atoms with van der Waals surface area (Å²) in [6, 6.07) is 4.43. The highest BCUT2D eigenvalue weighted by Crippen LogP contribution is 2.31. The highest BCUT2D eigenvalue weighted by Gasteiger charge is 2.18. The number of aromatic nitrogens is 2. The lowest BCUT2D eigenvalue weighted by Gasteiger charge is -2.02. The third-order valence-corrected chi connectivity index (χ3v) is 3.86. The molecule has 0 radical (unpaired) electrons. The lowest BCUT2D eigenvalue weighted by Crippen LogP contribution is -2.00. The molecule has 0 aliphatic rings. The van der Waals surface area contributed by atoms with Crippen LogP contribution >= 0.6 is 23.1 Å². The maximum absolute atomic E-state index is 11.4. The fourth-order valence-electron chi connectivity index (χ4n) is 1.33. The number of nitrogens with zero attached hydrogens (tertiary/aromatic N) is 3. The molecular weight excluding hydrogens is 274 g/mol. The summed E-state index contributed by atoms with van der Waals surface area (Å²) in [6.45, 7) is 1.31. The van der Waals surface area contributed by atoms with E-state index in [0.29, 0.717) is 0 Å². The number of hydrogen-bond acceptors (Lipinski definition) is 7. The number of Topliss-reactive ketones (excluding diaryl/α,β-unsaturated/α-hetero) is 1. The van der Waals surface area contributed by atoms with Crippen LogP contribution in [-0.2, 0) is 0 Å². The van der Waals surface area contributed by atoms with Crippen molar-refractivity contribution in [3.63, 3.8) is 0 Å². The highest BCUT2D eigenvalue weighted by molar-refractivity contribution is 8.01. The van der Waals surface area contributed by atoms with Gasteiger partial charge in [0.05, 0.1) is 10.5 Å². The number of carbonyl (C=O) groups excluding carboxylic acids is 1. The lowest BCUT2D eigenvalue weighted by atomic mass is 10.1.